The zero-order chi connectivity index (χ0) is 15.7. The van der Waals surface area contributed by atoms with Crippen LogP contribution in [0.15, 0.2) is 29.3 Å². The van der Waals surface area contributed by atoms with Crippen LogP contribution in [0.5, 0.6) is 0 Å². The SMILES string of the molecule is CCNC(=NCc1cccc(C#N)c1)NCC(C)(C)SC.I. The zero-order valence-electron chi connectivity index (χ0n) is 13.6. The largest absolute Gasteiger partial charge is 0.357 e. The number of rotatable bonds is 6. The van der Waals surface area contributed by atoms with Crippen LogP contribution in [0.2, 0.25) is 0 Å². The quantitative estimate of drug-likeness (QED) is 0.411. The number of benzene rings is 1. The molecule has 22 heavy (non-hydrogen) atoms. The molecular formula is C16H25IN4S. The van der Waals surface area contributed by atoms with E-state index >= 15 is 0 Å². The van der Waals surface area contributed by atoms with Crippen molar-refractivity contribution in [2.45, 2.75) is 32.1 Å². The Bertz CT molecular complexity index is 523. The Morgan fingerprint density at radius 1 is 1.36 bits per heavy atom. The van der Waals surface area contributed by atoms with E-state index in [0.29, 0.717) is 12.1 Å². The number of hydrogen-bond donors (Lipinski definition) is 2. The number of halogens is 1. The average molecular weight is 432 g/mol. The molecule has 0 heterocycles. The van der Waals surface area contributed by atoms with E-state index in [1.807, 2.05) is 36.9 Å². The summed E-state index contributed by atoms with van der Waals surface area (Å²) in [7, 11) is 0. The summed E-state index contributed by atoms with van der Waals surface area (Å²) in [6.45, 7) is 8.68. The van der Waals surface area contributed by atoms with E-state index < -0.39 is 0 Å². The van der Waals surface area contributed by atoms with Gasteiger partial charge in [-0.2, -0.15) is 17.0 Å². The van der Waals surface area contributed by atoms with Crippen LogP contribution in [0, 0.1) is 11.3 Å². The van der Waals surface area contributed by atoms with Crippen molar-refractivity contribution in [1.29, 1.82) is 5.26 Å². The molecule has 0 aliphatic rings. The normalized spacial score (nSPS) is 11.3. The number of nitrogens with zero attached hydrogens (tertiary/aromatic N) is 2. The fourth-order valence-electron chi connectivity index (χ4n) is 1.62. The van der Waals surface area contributed by atoms with Gasteiger partial charge in [0.1, 0.15) is 0 Å². The first-order chi connectivity index (χ1) is 10.0. The van der Waals surface area contributed by atoms with Crippen molar-refractivity contribution in [3.63, 3.8) is 0 Å². The highest BCUT2D eigenvalue weighted by Gasteiger charge is 2.15. The molecule has 4 nitrogen and oxygen atoms in total. The van der Waals surface area contributed by atoms with Crippen LogP contribution >= 0.6 is 35.7 Å². The molecule has 6 heteroatoms. The van der Waals surface area contributed by atoms with Crippen LogP contribution in [0.1, 0.15) is 31.9 Å². The second kappa shape index (κ2) is 10.7. The lowest BCUT2D eigenvalue weighted by Crippen LogP contribution is -2.43. The summed E-state index contributed by atoms with van der Waals surface area (Å²) in [5.74, 6) is 0.807. The van der Waals surface area contributed by atoms with E-state index in [0.717, 1.165) is 24.6 Å². The van der Waals surface area contributed by atoms with Gasteiger partial charge in [-0.1, -0.05) is 12.1 Å². The summed E-state index contributed by atoms with van der Waals surface area (Å²) in [5.41, 5.74) is 1.71. The average Bonchev–Trinajstić information content (AvgIpc) is 2.50. The van der Waals surface area contributed by atoms with Crippen molar-refractivity contribution in [3.8, 4) is 6.07 Å². The third kappa shape index (κ3) is 7.90. The van der Waals surface area contributed by atoms with Crippen molar-refractivity contribution in [1.82, 2.24) is 10.6 Å². The summed E-state index contributed by atoms with van der Waals surface area (Å²) < 4.78 is 0.164. The molecule has 1 rings (SSSR count). The topological polar surface area (TPSA) is 60.2 Å². The van der Waals surface area contributed by atoms with Crippen LogP contribution in [-0.4, -0.2) is 30.1 Å². The molecule has 0 spiro atoms. The Hall–Kier alpha value is -0.940. The molecule has 0 aliphatic heterocycles. The Morgan fingerprint density at radius 3 is 2.68 bits per heavy atom. The molecule has 0 saturated heterocycles. The monoisotopic (exact) mass is 432 g/mol. The van der Waals surface area contributed by atoms with Crippen molar-refractivity contribution in [2.75, 3.05) is 19.3 Å². The maximum absolute atomic E-state index is 8.91. The Balaban J connectivity index is 0.00000441. The Morgan fingerprint density at radius 2 is 2.09 bits per heavy atom. The minimum atomic E-state index is 0. The third-order valence-corrected chi connectivity index (χ3v) is 4.30. The van der Waals surface area contributed by atoms with Crippen LogP contribution in [0.3, 0.4) is 0 Å². The van der Waals surface area contributed by atoms with E-state index in [1.54, 1.807) is 6.07 Å². The lowest BCUT2D eigenvalue weighted by Gasteiger charge is -2.23. The molecule has 2 N–H and O–H groups in total. The number of hydrogen-bond acceptors (Lipinski definition) is 3. The zero-order valence-corrected chi connectivity index (χ0v) is 16.8. The first kappa shape index (κ1) is 21.1. The van der Waals surface area contributed by atoms with E-state index in [1.165, 1.54) is 0 Å². The van der Waals surface area contributed by atoms with Crippen molar-refractivity contribution in [2.24, 2.45) is 4.99 Å². The van der Waals surface area contributed by atoms with Crippen molar-refractivity contribution < 1.29 is 0 Å². The molecule has 0 atom stereocenters. The van der Waals surface area contributed by atoms with Crippen LogP contribution < -0.4 is 10.6 Å². The molecule has 0 amide bonds. The predicted octanol–water partition coefficient (Wildman–Crippen LogP) is 3.37. The first-order valence-electron chi connectivity index (χ1n) is 7.07. The van der Waals surface area contributed by atoms with Gasteiger partial charge in [-0.15, -0.1) is 24.0 Å². The Kier molecular flexibility index (Phi) is 10.3. The number of guanidine groups is 1. The van der Waals surface area contributed by atoms with Crippen LogP contribution in [0.4, 0.5) is 0 Å². The van der Waals surface area contributed by atoms with Gasteiger partial charge in [0.05, 0.1) is 18.2 Å². The lowest BCUT2D eigenvalue weighted by atomic mass is 10.1. The van der Waals surface area contributed by atoms with E-state index in [-0.39, 0.29) is 28.7 Å². The highest BCUT2D eigenvalue weighted by Crippen LogP contribution is 2.19. The smallest absolute Gasteiger partial charge is 0.191 e. The molecule has 122 valence electrons. The molecule has 0 unspecified atom stereocenters. The highest BCUT2D eigenvalue weighted by atomic mass is 127. The molecule has 0 radical (unpaired) electrons. The summed E-state index contributed by atoms with van der Waals surface area (Å²) in [4.78, 5) is 4.57. The summed E-state index contributed by atoms with van der Waals surface area (Å²) >= 11 is 1.83. The summed E-state index contributed by atoms with van der Waals surface area (Å²) in [5, 5.41) is 15.5. The van der Waals surface area contributed by atoms with Gasteiger partial charge >= 0.3 is 0 Å². The first-order valence-corrected chi connectivity index (χ1v) is 8.29. The highest BCUT2D eigenvalue weighted by molar-refractivity contribution is 14.0. The molecule has 0 aliphatic carbocycles. The van der Waals surface area contributed by atoms with Gasteiger partial charge in [0.25, 0.3) is 0 Å². The molecule has 0 fully saturated rings. The third-order valence-electron chi connectivity index (χ3n) is 3.05. The maximum atomic E-state index is 8.91. The van der Waals surface area contributed by atoms with Crippen LogP contribution in [-0.2, 0) is 6.54 Å². The molecule has 0 bridgehead atoms. The van der Waals surface area contributed by atoms with Gasteiger partial charge in [-0.25, -0.2) is 4.99 Å². The van der Waals surface area contributed by atoms with Gasteiger partial charge < -0.3 is 10.6 Å². The van der Waals surface area contributed by atoms with Crippen molar-refractivity contribution >= 4 is 41.7 Å². The second-order valence-corrected chi connectivity index (χ2v) is 6.84. The standard InChI is InChI=1S/C16H24N4S.HI/c1-5-18-15(20-12-16(2,3)21-4)19-11-14-8-6-7-13(9-14)10-17;/h6-9H,5,11-12H2,1-4H3,(H2,18,19,20);1H. The van der Waals surface area contributed by atoms with E-state index in [2.05, 4.69) is 41.8 Å². The van der Waals surface area contributed by atoms with Gasteiger partial charge in [0.2, 0.25) is 0 Å². The summed E-state index contributed by atoms with van der Waals surface area (Å²) in [6, 6.07) is 9.70. The molecule has 0 saturated carbocycles. The molecule has 1 aromatic carbocycles. The van der Waals surface area contributed by atoms with Gasteiger partial charge in [0, 0.05) is 17.8 Å². The minimum Gasteiger partial charge on any atom is -0.357 e. The van der Waals surface area contributed by atoms with Crippen molar-refractivity contribution in [3.05, 3.63) is 35.4 Å². The lowest BCUT2D eigenvalue weighted by molar-refractivity contribution is 0.665. The Labute approximate surface area is 155 Å². The molecule has 1 aromatic rings. The summed E-state index contributed by atoms with van der Waals surface area (Å²) in [6.07, 6.45) is 2.11. The fraction of sp³-hybridized carbons (Fsp3) is 0.500. The number of aliphatic imine (C=N–C) groups is 1. The molecule has 0 aromatic heterocycles. The number of nitriles is 1. The number of thioether (sulfide) groups is 1. The predicted molar refractivity (Wildman–Crippen MR) is 107 cm³/mol. The van der Waals surface area contributed by atoms with Gasteiger partial charge in [-0.3, -0.25) is 0 Å². The van der Waals surface area contributed by atoms with Gasteiger partial charge in [-0.05, 0) is 44.7 Å². The number of nitrogens with one attached hydrogen (secondary N) is 2. The maximum Gasteiger partial charge on any atom is 0.191 e. The second-order valence-electron chi connectivity index (χ2n) is 5.32. The fourth-order valence-corrected chi connectivity index (χ4v) is 1.84. The van der Waals surface area contributed by atoms with Gasteiger partial charge in [0.15, 0.2) is 5.96 Å². The van der Waals surface area contributed by atoms with Crippen LogP contribution in [0.25, 0.3) is 0 Å². The minimum absolute atomic E-state index is 0. The molecular weight excluding hydrogens is 407 g/mol. The van der Waals surface area contributed by atoms with E-state index in [4.69, 9.17) is 5.26 Å². The van der Waals surface area contributed by atoms with E-state index in [9.17, 15) is 0 Å².